The van der Waals surface area contributed by atoms with E-state index in [1.807, 2.05) is 6.08 Å². The average molecular weight is 377 g/mol. The van der Waals surface area contributed by atoms with Gasteiger partial charge in [0, 0.05) is 12.3 Å². The van der Waals surface area contributed by atoms with Gasteiger partial charge in [-0.05, 0) is 43.3 Å². The summed E-state index contributed by atoms with van der Waals surface area (Å²) in [6.45, 7) is 18.0. The summed E-state index contributed by atoms with van der Waals surface area (Å²) in [7, 11) is -1.88. The molecular formula is C22H36O3Si. The number of ether oxygens (including phenoxy) is 1. The molecule has 2 fully saturated rings. The van der Waals surface area contributed by atoms with Gasteiger partial charge in [-0.25, -0.2) is 0 Å². The van der Waals surface area contributed by atoms with E-state index in [4.69, 9.17) is 9.16 Å². The van der Waals surface area contributed by atoms with Crippen LogP contribution in [-0.2, 0) is 14.0 Å². The first kappa shape index (κ1) is 20.0. The highest BCUT2D eigenvalue weighted by atomic mass is 28.4. The second-order valence-electron chi connectivity index (χ2n) is 10.3. The first-order valence-corrected chi connectivity index (χ1v) is 13.0. The van der Waals surface area contributed by atoms with Crippen molar-refractivity contribution >= 4 is 14.1 Å². The molecule has 3 nitrogen and oxygen atoms in total. The topological polar surface area (TPSA) is 35.5 Å². The third-order valence-corrected chi connectivity index (χ3v) is 12.0. The number of hydrogen-bond acceptors (Lipinski definition) is 3. The Kier molecular flexibility index (Phi) is 4.95. The van der Waals surface area contributed by atoms with E-state index in [9.17, 15) is 4.79 Å². The summed E-state index contributed by atoms with van der Waals surface area (Å²) in [5, 5.41) is 0.157. The van der Waals surface area contributed by atoms with Crippen LogP contribution in [0.25, 0.3) is 0 Å². The molecule has 2 aliphatic heterocycles. The minimum absolute atomic E-state index is 0.0616. The molecule has 0 aromatic heterocycles. The molecule has 4 heteroatoms. The van der Waals surface area contributed by atoms with Crippen molar-refractivity contribution in [1.82, 2.24) is 0 Å². The number of carbonyl (C=O) groups excluding carboxylic acids is 1. The monoisotopic (exact) mass is 376 g/mol. The molecule has 3 aliphatic rings. The van der Waals surface area contributed by atoms with E-state index in [0.717, 1.165) is 12.8 Å². The van der Waals surface area contributed by atoms with E-state index >= 15 is 0 Å². The number of ketones is 1. The molecule has 0 unspecified atom stereocenters. The minimum Gasteiger partial charge on any atom is -0.414 e. The zero-order valence-corrected chi connectivity index (χ0v) is 18.4. The summed E-state index contributed by atoms with van der Waals surface area (Å²) in [5.74, 6) is 0.945. The molecular weight excluding hydrogens is 340 g/mol. The standard InChI is InChI=1S/C22H36O3Si/c1-8-10-18-19(23)14-21(15-24-26(6,7)20(3,4)5)13-17-12-9-11-16(2)22(17,18)25-21/h8-9,12,16-18H,1,10-11,13-15H2,2-7H3/t16-,17-,18-,21+,22-/m1/s1. The van der Waals surface area contributed by atoms with E-state index in [1.165, 1.54) is 0 Å². The van der Waals surface area contributed by atoms with Gasteiger partial charge in [-0.15, -0.1) is 6.58 Å². The predicted molar refractivity (Wildman–Crippen MR) is 109 cm³/mol. The first-order chi connectivity index (χ1) is 12.0. The first-order valence-electron chi connectivity index (χ1n) is 10.1. The van der Waals surface area contributed by atoms with Crippen LogP contribution in [0, 0.1) is 17.8 Å². The van der Waals surface area contributed by atoms with Gasteiger partial charge in [0.2, 0.25) is 0 Å². The molecule has 1 spiro atoms. The van der Waals surface area contributed by atoms with Crippen LogP contribution in [0.4, 0.5) is 0 Å². The molecule has 0 amide bonds. The number of Topliss-reactive ketones (excluding diaryl/α,β-unsaturated/α-hetero) is 1. The van der Waals surface area contributed by atoms with Crippen molar-refractivity contribution in [2.75, 3.05) is 6.61 Å². The van der Waals surface area contributed by atoms with Crippen molar-refractivity contribution in [1.29, 1.82) is 0 Å². The second-order valence-corrected chi connectivity index (χ2v) is 15.1. The van der Waals surface area contributed by atoms with E-state index in [0.29, 0.717) is 37.1 Å². The molecule has 3 rings (SSSR count). The smallest absolute Gasteiger partial charge is 0.192 e. The summed E-state index contributed by atoms with van der Waals surface area (Å²) in [6.07, 6.45) is 9.57. The zero-order valence-electron chi connectivity index (χ0n) is 17.4. The Morgan fingerprint density at radius 2 is 2.12 bits per heavy atom. The van der Waals surface area contributed by atoms with E-state index in [2.05, 4.69) is 59.5 Å². The number of allylic oxidation sites excluding steroid dienone is 2. The van der Waals surface area contributed by atoms with Gasteiger partial charge in [-0.2, -0.15) is 0 Å². The molecule has 2 saturated heterocycles. The fourth-order valence-corrected chi connectivity index (χ4v) is 6.05. The lowest BCUT2D eigenvalue weighted by Crippen LogP contribution is -2.59. The van der Waals surface area contributed by atoms with Crippen molar-refractivity contribution in [3.05, 3.63) is 24.8 Å². The molecule has 2 heterocycles. The predicted octanol–water partition coefficient (Wildman–Crippen LogP) is 5.28. The molecule has 26 heavy (non-hydrogen) atoms. The van der Waals surface area contributed by atoms with Gasteiger partial charge in [-0.3, -0.25) is 4.79 Å². The van der Waals surface area contributed by atoms with Crippen LogP contribution in [0.2, 0.25) is 18.1 Å². The molecule has 0 aromatic carbocycles. The number of fused-ring (bicyclic) bond motifs is 1. The lowest BCUT2D eigenvalue weighted by molar-refractivity contribution is -0.206. The van der Waals surface area contributed by atoms with Crippen LogP contribution in [0.5, 0.6) is 0 Å². The van der Waals surface area contributed by atoms with Crippen LogP contribution < -0.4 is 0 Å². The maximum Gasteiger partial charge on any atom is 0.192 e. The molecule has 2 bridgehead atoms. The van der Waals surface area contributed by atoms with Crippen LogP contribution in [0.3, 0.4) is 0 Å². The zero-order chi connectivity index (χ0) is 19.4. The summed E-state index contributed by atoms with van der Waals surface area (Å²) >= 11 is 0. The molecule has 0 aromatic rings. The van der Waals surface area contributed by atoms with Gasteiger partial charge in [0.25, 0.3) is 0 Å². The average Bonchev–Trinajstić information content (AvgIpc) is 2.81. The normalized spacial score (nSPS) is 39.8. The van der Waals surface area contributed by atoms with E-state index in [-0.39, 0.29) is 16.6 Å². The highest BCUT2D eigenvalue weighted by Gasteiger charge is 2.66. The largest absolute Gasteiger partial charge is 0.414 e. The van der Waals surface area contributed by atoms with Crippen molar-refractivity contribution in [2.45, 2.75) is 82.7 Å². The van der Waals surface area contributed by atoms with Gasteiger partial charge in [0.15, 0.2) is 8.32 Å². The molecule has 146 valence electrons. The molecule has 0 saturated carbocycles. The van der Waals surface area contributed by atoms with E-state index in [1.54, 1.807) is 0 Å². The third kappa shape index (κ3) is 2.98. The maximum atomic E-state index is 13.2. The van der Waals surface area contributed by atoms with Crippen molar-refractivity contribution < 1.29 is 14.0 Å². The lowest BCUT2D eigenvalue weighted by atomic mass is 9.64. The number of carbonyl (C=O) groups is 1. The Morgan fingerprint density at radius 1 is 1.42 bits per heavy atom. The van der Waals surface area contributed by atoms with Crippen molar-refractivity contribution in [3.63, 3.8) is 0 Å². The van der Waals surface area contributed by atoms with Crippen molar-refractivity contribution in [3.8, 4) is 0 Å². The van der Waals surface area contributed by atoms with Gasteiger partial charge < -0.3 is 9.16 Å². The molecule has 0 N–H and O–H groups in total. The Hall–Kier alpha value is -0.713. The second kappa shape index (κ2) is 6.42. The summed E-state index contributed by atoms with van der Waals surface area (Å²) in [4.78, 5) is 13.2. The fraction of sp³-hybridized carbons (Fsp3) is 0.773. The highest BCUT2D eigenvalue weighted by Crippen LogP contribution is 2.60. The highest BCUT2D eigenvalue weighted by molar-refractivity contribution is 6.74. The molecule has 0 radical (unpaired) electrons. The Morgan fingerprint density at radius 3 is 2.73 bits per heavy atom. The van der Waals surface area contributed by atoms with Gasteiger partial charge in [-0.1, -0.05) is 45.9 Å². The van der Waals surface area contributed by atoms with Crippen LogP contribution >= 0.6 is 0 Å². The van der Waals surface area contributed by atoms with Gasteiger partial charge in [0.05, 0.1) is 23.7 Å². The maximum absolute atomic E-state index is 13.2. The quantitative estimate of drug-likeness (QED) is 0.483. The molecule has 5 atom stereocenters. The van der Waals surface area contributed by atoms with Crippen LogP contribution in [-0.4, -0.2) is 31.9 Å². The molecule has 1 aliphatic carbocycles. The minimum atomic E-state index is -1.88. The SMILES string of the molecule is C=CC[C@@H]1C(=O)C[C@]2(CO[Si](C)(C)C(C)(C)C)C[C@H]3C=CC[C@@H](C)[C@@]31O2. The Balaban J connectivity index is 1.91. The number of hydrogen-bond donors (Lipinski definition) is 0. The van der Waals surface area contributed by atoms with Gasteiger partial charge >= 0.3 is 0 Å². The van der Waals surface area contributed by atoms with Crippen LogP contribution in [0.15, 0.2) is 24.8 Å². The van der Waals surface area contributed by atoms with Crippen LogP contribution in [0.1, 0.15) is 53.4 Å². The van der Waals surface area contributed by atoms with Gasteiger partial charge in [0.1, 0.15) is 5.78 Å². The van der Waals surface area contributed by atoms with E-state index < -0.39 is 13.9 Å². The lowest BCUT2D eigenvalue weighted by Gasteiger charge is -2.50. The number of rotatable bonds is 5. The fourth-order valence-electron chi connectivity index (χ4n) is 4.99. The summed E-state index contributed by atoms with van der Waals surface area (Å²) in [6, 6.07) is 0. The summed E-state index contributed by atoms with van der Waals surface area (Å²) < 4.78 is 13.5. The Labute approximate surface area is 160 Å². The van der Waals surface area contributed by atoms with Crippen molar-refractivity contribution in [2.24, 2.45) is 17.8 Å². The third-order valence-electron chi connectivity index (χ3n) is 7.53. The summed E-state index contributed by atoms with van der Waals surface area (Å²) in [5.41, 5.74) is -0.813. The Bertz CT molecular complexity index is 617.